The molecule has 8 nitrogen and oxygen atoms in total. The second-order valence-electron chi connectivity index (χ2n) is 6.00. The Hall–Kier alpha value is -3.13. The molecule has 0 aliphatic carbocycles. The molecule has 0 bridgehead atoms. The number of benzene rings is 2. The first-order chi connectivity index (χ1) is 13.5. The van der Waals surface area contributed by atoms with Crippen LogP contribution in [0.2, 0.25) is 0 Å². The summed E-state index contributed by atoms with van der Waals surface area (Å²) >= 11 is 0. The summed E-state index contributed by atoms with van der Waals surface area (Å²) in [7, 11) is 1.55. The van der Waals surface area contributed by atoms with E-state index in [2.05, 4.69) is 24.1 Å². The molecule has 1 N–H and O–H groups in total. The molecule has 0 heterocycles. The van der Waals surface area contributed by atoms with Gasteiger partial charge < -0.3 is 19.7 Å². The van der Waals surface area contributed by atoms with Gasteiger partial charge in [0.05, 0.1) is 12.0 Å². The van der Waals surface area contributed by atoms with E-state index >= 15 is 0 Å². The number of nitrogens with zero attached hydrogens (tertiary/aromatic N) is 2. The zero-order chi connectivity index (χ0) is 20.5. The molecule has 0 saturated carbocycles. The maximum absolute atomic E-state index is 12.4. The number of rotatable bonds is 10. The van der Waals surface area contributed by atoms with Crippen LogP contribution in [0, 0.1) is 10.1 Å². The maximum Gasteiger partial charge on any atom is 0.270 e. The molecule has 0 spiro atoms. The van der Waals surface area contributed by atoms with E-state index in [1.165, 1.54) is 24.3 Å². The highest BCUT2D eigenvalue weighted by Gasteiger charge is 2.13. The molecule has 0 unspecified atom stereocenters. The van der Waals surface area contributed by atoms with Gasteiger partial charge in [-0.05, 0) is 31.3 Å². The van der Waals surface area contributed by atoms with Gasteiger partial charge in [0.15, 0.2) is 11.5 Å². The zero-order valence-corrected chi connectivity index (χ0v) is 16.3. The van der Waals surface area contributed by atoms with E-state index in [0.29, 0.717) is 23.8 Å². The highest BCUT2D eigenvalue weighted by molar-refractivity contribution is 6.04. The summed E-state index contributed by atoms with van der Waals surface area (Å²) in [5, 5.41) is 13.6. The number of methoxy groups -OCH3 is 1. The third-order valence-electron chi connectivity index (χ3n) is 4.30. The molecule has 150 valence electrons. The summed E-state index contributed by atoms with van der Waals surface area (Å²) in [6.45, 7) is 7.33. The number of hydrogen-bond donors (Lipinski definition) is 1. The van der Waals surface area contributed by atoms with Gasteiger partial charge in [0.2, 0.25) is 0 Å². The summed E-state index contributed by atoms with van der Waals surface area (Å²) in [6.07, 6.45) is 0. The number of hydrogen-bond acceptors (Lipinski definition) is 6. The van der Waals surface area contributed by atoms with E-state index in [0.717, 1.165) is 19.6 Å². The first-order valence-electron chi connectivity index (χ1n) is 9.07. The van der Waals surface area contributed by atoms with E-state index < -0.39 is 10.8 Å². The number of nitrogens with one attached hydrogen (secondary N) is 1. The molecular weight excluding hydrogens is 362 g/mol. The summed E-state index contributed by atoms with van der Waals surface area (Å²) in [5.74, 6) is 0.641. The SMILES string of the molecule is CCN(CC)CCOc1cc(NC(=O)c2cccc([N+](=O)[O-])c2)ccc1OC. The molecule has 0 atom stereocenters. The van der Waals surface area contributed by atoms with Crippen LogP contribution in [0.4, 0.5) is 11.4 Å². The van der Waals surface area contributed by atoms with Crippen LogP contribution in [0.1, 0.15) is 24.2 Å². The van der Waals surface area contributed by atoms with Crippen molar-refractivity contribution in [3.05, 3.63) is 58.1 Å². The summed E-state index contributed by atoms with van der Waals surface area (Å²) in [5.41, 5.74) is 0.576. The Balaban J connectivity index is 2.10. The number of ether oxygens (including phenoxy) is 2. The molecule has 0 aromatic heterocycles. The minimum Gasteiger partial charge on any atom is -0.493 e. The van der Waals surface area contributed by atoms with E-state index in [1.807, 2.05) is 0 Å². The molecule has 0 radical (unpaired) electrons. The van der Waals surface area contributed by atoms with Gasteiger partial charge in [-0.1, -0.05) is 19.9 Å². The number of anilines is 1. The van der Waals surface area contributed by atoms with Gasteiger partial charge in [0, 0.05) is 36.0 Å². The highest BCUT2D eigenvalue weighted by atomic mass is 16.6. The zero-order valence-electron chi connectivity index (χ0n) is 16.3. The number of nitro benzene ring substituents is 1. The van der Waals surface area contributed by atoms with Gasteiger partial charge >= 0.3 is 0 Å². The Kier molecular flexibility index (Phi) is 7.76. The number of carbonyl (C=O) groups is 1. The second kappa shape index (κ2) is 10.3. The van der Waals surface area contributed by atoms with E-state index in [-0.39, 0.29) is 11.3 Å². The van der Waals surface area contributed by atoms with Crippen molar-refractivity contribution in [2.24, 2.45) is 0 Å². The summed E-state index contributed by atoms with van der Waals surface area (Å²) in [6, 6.07) is 10.6. The van der Waals surface area contributed by atoms with Crippen molar-refractivity contribution in [3.63, 3.8) is 0 Å². The van der Waals surface area contributed by atoms with Crippen LogP contribution in [0.3, 0.4) is 0 Å². The normalized spacial score (nSPS) is 10.6. The predicted molar refractivity (Wildman–Crippen MR) is 107 cm³/mol. The Labute approximate surface area is 164 Å². The number of carbonyl (C=O) groups excluding carboxylic acids is 1. The monoisotopic (exact) mass is 387 g/mol. The number of nitro groups is 1. The molecule has 0 saturated heterocycles. The topological polar surface area (TPSA) is 93.9 Å². The Morgan fingerprint density at radius 3 is 2.54 bits per heavy atom. The van der Waals surface area contributed by atoms with Crippen molar-refractivity contribution in [1.82, 2.24) is 4.90 Å². The second-order valence-corrected chi connectivity index (χ2v) is 6.00. The lowest BCUT2D eigenvalue weighted by Crippen LogP contribution is -2.28. The lowest BCUT2D eigenvalue weighted by Gasteiger charge is -2.19. The fourth-order valence-electron chi connectivity index (χ4n) is 2.66. The predicted octanol–water partition coefficient (Wildman–Crippen LogP) is 3.58. The van der Waals surface area contributed by atoms with Gasteiger partial charge in [-0.3, -0.25) is 14.9 Å². The highest BCUT2D eigenvalue weighted by Crippen LogP contribution is 2.30. The first-order valence-corrected chi connectivity index (χ1v) is 9.07. The van der Waals surface area contributed by atoms with Crippen molar-refractivity contribution in [3.8, 4) is 11.5 Å². The molecule has 0 fully saturated rings. The van der Waals surface area contributed by atoms with Gasteiger partial charge in [0.1, 0.15) is 6.61 Å². The van der Waals surface area contributed by atoms with Crippen LogP contribution >= 0.6 is 0 Å². The molecule has 0 aliphatic heterocycles. The smallest absolute Gasteiger partial charge is 0.270 e. The molecule has 1 amide bonds. The molecule has 2 rings (SSSR count). The summed E-state index contributed by atoms with van der Waals surface area (Å²) in [4.78, 5) is 25.0. The lowest BCUT2D eigenvalue weighted by atomic mass is 10.2. The van der Waals surface area contributed by atoms with Gasteiger partial charge in [0.25, 0.3) is 11.6 Å². The van der Waals surface area contributed by atoms with Crippen LogP contribution < -0.4 is 14.8 Å². The van der Waals surface area contributed by atoms with Crippen molar-refractivity contribution in [2.45, 2.75) is 13.8 Å². The quantitative estimate of drug-likeness (QED) is 0.495. The molecular formula is C20H25N3O5. The van der Waals surface area contributed by atoms with Crippen LogP contribution in [0.25, 0.3) is 0 Å². The Morgan fingerprint density at radius 2 is 1.89 bits per heavy atom. The Bertz CT molecular complexity index is 821. The lowest BCUT2D eigenvalue weighted by molar-refractivity contribution is -0.384. The van der Waals surface area contributed by atoms with Gasteiger partial charge in [-0.2, -0.15) is 0 Å². The maximum atomic E-state index is 12.4. The van der Waals surface area contributed by atoms with Crippen LogP contribution in [0.5, 0.6) is 11.5 Å². The number of amides is 1. The fourth-order valence-corrected chi connectivity index (χ4v) is 2.66. The largest absolute Gasteiger partial charge is 0.493 e. The molecule has 8 heteroatoms. The first kappa shape index (κ1) is 21.2. The molecule has 2 aromatic carbocycles. The van der Waals surface area contributed by atoms with E-state index in [9.17, 15) is 14.9 Å². The Morgan fingerprint density at radius 1 is 1.14 bits per heavy atom. The van der Waals surface area contributed by atoms with Crippen molar-refractivity contribution in [1.29, 1.82) is 0 Å². The number of non-ortho nitro benzene ring substituents is 1. The minimum atomic E-state index is -0.536. The van der Waals surface area contributed by atoms with Crippen LogP contribution in [0.15, 0.2) is 42.5 Å². The minimum absolute atomic E-state index is 0.136. The van der Waals surface area contributed by atoms with Crippen LogP contribution in [-0.4, -0.2) is 49.1 Å². The molecule has 28 heavy (non-hydrogen) atoms. The third kappa shape index (κ3) is 5.68. The van der Waals surface area contributed by atoms with E-state index in [1.54, 1.807) is 25.3 Å². The van der Waals surface area contributed by atoms with Crippen LogP contribution in [-0.2, 0) is 0 Å². The third-order valence-corrected chi connectivity index (χ3v) is 4.30. The average molecular weight is 387 g/mol. The van der Waals surface area contributed by atoms with Crippen molar-refractivity contribution >= 4 is 17.3 Å². The number of likely N-dealkylation sites (N-methyl/N-ethyl adjacent to an activating group) is 1. The fraction of sp³-hybridized carbons (Fsp3) is 0.350. The standard InChI is InChI=1S/C20H25N3O5/c1-4-22(5-2)11-12-28-19-14-16(9-10-18(19)27-3)21-20(24)15-7-6-8-17(13-15)23(25)26/h6-10,13-14H,4-5,11-12H2,1-3H3,(H,21,24). The van der Waals surface area contributed by atoms with Gasteiger partial charge in [-0.15, -0.1) is 0 Å². The van der Waals surface area contributed by atoms with Crippen molar-refractivity contribution in [2.75, 3.05) is 38.7 Å². The summed E-state index contributed by atoms with van der Waals surface area (Å²) < 4.78 is 11.1. The van der Waals surface area contributed by atoms with Gasteiger partial charge in [-0.25, -0.2) is 0 Å². The van der Waals surface area contributed by atoms with Crippen molar-refractivity contribution < 1.29 is 19.2 Å². The van der Waals surface area contributed by atoms with E-state index in [4.69, 9.17) is 9.47 Å². The molecule has 0 aliphatic rings. The molecule has 2 aromatic rings. The average Bonchev–Trinajstić information content (AvgIpc) is 2.71.